The summed E-state index contributed by atoms with van der Waals surface area (Å²) in [5.41, 5.74) is 3.98. The molecule has 31 heavy (non-hydrogen) atoms. The third-order valence-corrected chi connectivity index (χ3v) is 6.06. The van der Waals surface area contributed by atoms with Gasteiger partial charge in [-0.2, -0.15) is 0 Å². The summed E-state index contributed by atoms with van der Waals surface area (Å²) in [6.45, 7) is 4.94. The fourth-order valence-corrected chi connectivity index (χ4v) is 3.87. The Hall–Kier alpha value is -3.15. The number of benzene rings is 2. The van der Waals surface area contributed by atoms with E-state index in [9.17, 15) is 14.4 Å². The van der Waals surface area contributed by atoms with E-state index in [-0.39, 0.29) is 42.0 Å². The Morgan fingerprint density at radius 3 is 2.32 bits per heavy atom. The largest absolute Gasteiger partial charge is 0.349 e. The molecule has 0 bridgehead atoms. The third kappa shape index (κ3) is 5.32. The van der Waals surface area contributed by atoms with Gasteiger partial charge in [-0.05, 0) is 49.9 Å². The summed E-state index contributed by atoms with van der Waals surface area (Å²) >= 11 is 0. The van der Waals surface area contributed by atoms with Crippen LogP contribution in [0.5, 0.6) is 0 Å². The van der Waals surface area contributed by atoms with Crippen LogP contribution in [0.15, 0.2) is 48.5 Å². The maximum Gasteiger partial charge on any atom is 0.227 e. The molecule has 0 unspecified atom stereocenters. The van der Waals surface area contributed by atoms with Crippen LogP contribution in [0.3, 0.4) is 0 Å². The predicted octanol–water partition coefficient (Wildman–Crippen LogP) is 3.57. The van der Waals surface area contributed by atoms with Crippen LogP contribution >= 0.6 is 0 Å². The molecular weight excluding hydrogens is 390 g/mol. The number of nitrogens with zero attached hydrogens (tertiary/aromatic N) is 1. The van der Waals surface area contributed by atoms with E-state index >= 15 is 0 Å². The SMILES string of the molecule is Cc1ccc(CN2C[C@H](C(=O)N[C@H](C)c3ccc(NC(=O)C4CC4)cc3)CC2=O)cc1. The van der Waals surface area contributed by atoms with E-state index in [2.05, 4.69) is 10.6 Å². The number of carbonyl (C=O) groups excluding carboxylic acids is 3. The first kappa shape index (κ1) is 21.1. The maximum absolute atomic E-state index is 12.8. The van der Waals surface area contributed by atoms with Crippen molar-refractivity contribution in [3.05, 3.63) is 65.2 Å². The summed E-state index contributed by atoms with van der Waals surface area (Å²) in [6.07, 6.45) is 2.19. The monoisotopic (exact) mass is 419 g/mol. The van der Waals surface area contributed by atoms with Gasteiger partial charge >= 0.3 is 0 Å². The molecule has 0 aromatic heterocycles. The first-order chi connectivity index (χ1) is 14.9. The number of hydrogen-bond donors (Lipinski definition) is 2. The standard InChI is InChI=1S/C25H29N3O3/c1-16-3-5-18(6-4-16)14-28-15-21(13-23(28)29)25(31)26-17(2)19-9-11-22(12-10-19)27-24(30)20-7-8-20/h3-6,9-12,17,20-21H,7-8,13-15H2,1-2H3,(H,26,31)(H,27,30)/t17-,21-/m1/s1. The Bertz CT molecular complexity index is 965. The highest BCUT2D eigenvalue weighted by Crippen LogP contribution is 2.30. The Balaban J connectivity index is 1.29. The minimum Gasteiger partial charge on any atom is -0.349 e. The Morgan fingerprint density at radius 2 is 1.68 bits per heavy atom. The van der Waals surface area contributed by atoms with Crippen molar-refractivity contribution in [3.8, 4) is 0 Å². The van der Waals surface area contributed by atoms with E-state index in [1.165, 1.54) is 5.56 Å². The molecule has 1 saturated heterocycles. The van der Waals surface area contributed by atoms with Crippen LogP contribution in [0.25, 0.3) is 0 Å². The lowest BCUT2D eigenvalue weighted by atomic mass is 10.0. The van der Waals surface area contributed by atoms with Gasteiger partial charge in [-0.3, -0.25) is 14.4 Å². The normalized spacial score (nSPS) is 19.2. The summed E-state index contributed by atoms with van der Waals surface area (Å²) in [5.74, 6) is -0.173. The lowest BCUT2D eigenvalue weighted by molar-refractivity contribution is -0.129. The molecule has 162 valence electrons. The number of anilines is 1. The summed E-state index contributed by atoms with van der Waals surface area (Å²) in [4.78, 5) is 38.8. The second-order valence-electron chi connectivity index (χ2n) is 8.78. The van der Waals surface area contributed by atoms with Gasteiger partial charge in [0.15, 0.2) is 0 Å². The molecule has 0 spiro atoms. The highest BCUT2D eigenvalue weighted by molar-refractivity contribution is 5.94. The number of hydrogen-bond acceptors (Lipinski definition) is 3. The van der Waals surface area contributed by atoms with E-state index in [0.29, 0.717) is 13.1 Å². The number of amides is 3. The summed E-state index contributed by atoms with van der Waals surface area (Å²) in [7, 11) is 0. The van der Waals surface area contributed by atoms with Crippen LogP contribution in [-0.4, -0.2) is 29.2 Å². The van der Waals surface area contributed by atoms with Gasteiger partial charge < -0.3 is 15.5 Å². The van der Waals surface area contributed by atoms with E-state index in [0.717, 1.165) is 29.7 Å². The van der Waals surface area contributed by atoms with Gasteiger partial charge in [-0.15, -0.1) is 0 Å². The Labute approximate surface area is 183 Å². The van der Waals surface area contributed by atoms with Crippen LogP contribution in [0, 0.1) is 18.8 Å². The Morgan fingerprint density at radius 1 is 1.00 bits per heavy atom. The van der Waals surface area contributed by atoms with Crippen molar-refractivity contribution in [1.82, 2.24) is 10.2 Å². The molecule has 2 aromatic carbocycles. The van der Waals surface area contributed by atoms with Crippen molar-refractivity contribution >= 4 is 23.4 Å². The number of likely N-dealkylation sites (tertiary alicyclic amines) is 1. The second-order valence-corrected chi connectivity index (χ2v) is 8.78. The van der Waals surface area contributed by atoms with Crippen LogP contribution in [0.2, 0.25) is 0 Å². The van der Waals surface area contributed by atoms with Gasteiger partial charge in [0.25, 0.3) is 0 Å². The molecule has 6 heteroatoms. The molecule has 1 heterocycles. The molecule has 2 aliphatic rings. The average Bonchev–Trinajstić information content (AvgIpc) is 3.54. The molecule has 0 radical (unpaired) electrons. The zero-order chi connectivity index (χ0) is 22.0. The molecule has 3 amide bonds. The second kappa shape index (κ2) is 8.92. The minimum atomic E-state index is -0.336. The van der Waals surface area contributed by atoms with Crippen molar-refractivity contribution in [1.29, 1.82) is 0 Å². The van der Waals surface area contributed by atoms with E-state index in [1.807, 2.05) is 62.4 Å². The van der Waals surface area contributed by atoms with E-state index < -0.39 is 0 Å². The van der Waals surface area contributed by atoms with Crippen LogP contribution in [0.1, 0.15) is 48.9 Å². The number of nitrogens with one attached hydrogen (secondary N) is 2. The number of carbonyl (C=O) groups is 3. The summed E-state index contributed by atoms with van der Waals surface area (Å²) in [5, 5.41) is 5.95. The lowest BCUT2D eigenvalue weighted by Crippen LogP contribution is -2.34. The van der Waals surface area contributed by atoms with Gasteiger partial charge in [0, 0.05) is 31.1 Å². The van der Waals surface area contributed by atoms with Crippen LogP contribution in [-0.2, 0) is 20.9 Å². The van der Waals surface area contributed by atoms with Crippen molar-refractivity contribution in [2.45, 2.75) is 45.7 Å². The van der Waals surface area contributed by atoms with Crippen molar-refractivity contribution in [2.24, 2.45) is 11.8 Å². The van der Waals surface area contributed by atoms with E-state index in [4.69, 9.17) is 0 Å². The van der Waals surface area contributed by atoms with Crippen LogP contribution < -0.4 is 10.6 Å². The van der Waals surface area contributed by atoms with Gasteiger partial charge in [0.2, 0.25) is 17.7 Å². The first-order valence-corrected chi connectivity index (χ1v) is 10.9. The highest BCUT2D eigenvalue weighted by atomic mass is 16.2. The average molecular weight is 420 g/mol. The van der Waals surface area contributed by atoms with E-state index in [1.54, 1.807) is 4.90 Å². The molecule has 1 saturated carbocycles. The molecule has 1 aliphatic heterocycles. The topological polar surface area (TPSA) is 78.5 Å². The Kier molecular flexibility index (Phi) is 6.07. The molecule has 2 N–H and O–H groups in total. The molecule has 2 atom stereocenters. The predicted molar refractivity (Wildman–Crippen MR) is 119 cm³/mol. The summed E-state index contributed by atoms with van der Waals surface area (Å²) < 4.78 is 0. The molecule has 6 nitrogen and oxygen atoms in total. The van der Waals surface area contributed by atoms with Gasteiger partial charge in [0.1, 0.15) is 0 Å². The van der Waals surface area contributed by atoms with Gasteiger partial charge in [-0.1, -0.05) is 42.0 Å². The highest BCUT2D eigenvalue weighted by Gasteiger charge is 2.34. The van der Waals surface area contributed by atoms with Gasteiger partial charge in [0.05, 0.1) is 12.0 Å². The van der Waals surface area contributed by atoms with Gasteiger partial charge in [-0.25, -0.2) is 0 Å². The van der Waals surface area contributed by atoms with Crippen molar-refractivity contribution < 1.29 is 14.4 Å². The van der Waals surface area contributed by atoms with Crippen molar-refractivity contribution in [3.63, 3.8) is 0 Å². The molecule has 2 aromatic rings. The fourth-order valence-electron chi connectivity index (χ4n) is 3.87. The smallest absolute Gasteiger partial charge is 0.227 e. The molecule has 4 rings (SSSR count). The minimum absolute atomic E-state index is 0.0177. The zero-order valence-corrected chi connectivity index (χ0v) is 18.1. The number of rotatable bonds is 7. The summed E-state index contributed by atoms with van der Waals surface area (Å²) in [6, 6.07) is 15.5. The third-order valence-electron chi connectivity index (χ3n) is 6.06. The van der Waals surface area contributed by atoms with Crippen LogP contribution in [0.4, 0.5) is 5.69 Å². The molecule has 1 aliphatic carbocycles. The maximum atomic E-state index is 12.8. The van der Waals surface area contributed by atoms with Crippen molar-refractivity contribution in [2.75, 3.05) is 11.9 Å². The first-order valence-electron chi connectivity index (χ1n) is 10.9. The zero-order valence-electron chi connectivity index (χ0n) is 18.1. The fraction of sp³-hybridized carbons (Fsp3) is 0.400. The quantitative estimate of drug-likeness (QED) is 0.720. The molecule has 2 fully saturated rings. The number of aryl methyl sites for hydroxylation is 1. The molecular formula is C25H29N3O3. The lowest BCUT2D eigenvalue weighted by Gasteiger charge is -2.19.